The van der Waals surface area contributed by atoms with Crippen molar-refractivity contribution in [2.45, 2.75) is 11.5 Å². The Morgan fingerprint density at radius 1 is 1.53 bits per heavy atom. The molecule has 1 saturated heterocycles. The Balaban J connectivity index is 2.06. The number of hydrogen-bond donors (Lipinski definition) is 3. The van der Waals surface area contributed by atoms with E-state index in [-0.39, 0.29) is 12.0 Å². The summed E-state index contributed by atoms with van der Waals surface area (Å²) in [4.78, 5) is 7.25. The van der Waals surface area contributed by atoms with Crippen molar-refractivity contribution in [3.8, 4) is 0 Å². The summed E-state index contributed by atoms with van der Waals surface area (Å²) < 4.78 is 5.27. The van der Waals surface area contributed by atoms with Crippen LogP contribution >= 0.6 is 0 Å². The minimum atomic E-state index is -0.573. The maximum absolute atomic E-state index is 10.1. The molecule has 5 nitrogen and oxygen atoms in total. The third kappa shape index (κ3) is 1.47. The summed E-state index contributed by atoms with van der Waals surface area (Å²) in [5.41, 5.74) is 8.17. The highest BCUT2D eigenvalue weighted by Crippen LogP contribution is 2.36. The summed E-state index contributed by atoms with van der Waals surface area (Å²) in [6.07, 6.45) is 1.09. The predicted octanol–water partition coefficient (Wildman–Crippen LogP) is 0.150. The molecule has 1 aliphatic rings. The molecule has 0 amide bonds. The predicted molar refractivity (Wildman–Crippen MR) is 63.7 cm³/mol. The summed E-state index contributed by atoms with van der Waals surface area (Å²) in [5, 5.41) is 10.1. The van der Waals surface area contributed by atoms with Gasteiger partial charge < -0.3 is 20.6 Å². The van der Waals surface area contributed by atoms with Crippen LogP contribution in [-0.2, 0) is 10.2 Å². The van der Waals surface area contributed by atoms with E-state index in [4.69, 9.17) is 10.5 Å². The third-order valence-corrected chi connectivity index (χ3v) is 3.58. The number of nitrogens with two attached hydrogens (primary N) is 1. The molecule has 4 N–H and O–H groups in total. The maximum Gasteiger partial charge on any atom is 0.0931 e. The number of H-pyrrole nitrogens is 1. The van der Waals surface area contributed by atoms with E-state index in [9.17, 15) is 5.11 Å². The first kappa shape index (κ1) is 10.7. The summed E-state index contributed by atoms with van der Waals surface area (Å²) in [7, 11) is 0. The summed E-state index contributed by atoms with van der Waals surface area (Å²) in [6, 6.07) is 5.96. The second kappa shape index (κ2) is 3.80. The van der Waals surface area contributed by atoms with Crippen LogP contribution in [0.25, 0.3) is 11.0 Å². The Kier molecular flexibility index (Phi) is 2.39. The first-order valence-corrected chi connectivity index (χ1v) is 5.66. The number of rotatable bonds is 3. The summed E-state index contributed by atoms with van der Waals surface area (Å²) in [5.74, 6) is 0. The molecule has 2 aromatic rings. The lowest BCUT2D eigenvalue weighted by Crippen LogP contribution is -2.57. The molecule has 1 aromatic carbocycles. The first-order chi connectivity index (χ1) is 8.26. The van der Waals surface area contributed by atoms with Crippen molar-refractivity contribution >= 4 is 11.0 Å². The second-order valence-corrected chi connectivity index (χ2v) is 4.53. The van der Waals surface area contributed by atoms with Gasteiger partial charge in [-0.3, -0.25) is 0 Å². The van der Waals surface area contributed by atoms with Crippen LogP contribution < -0.4 is 5.73 Å². The van der Waals surface area contributed by atoms with Crippen molar-refractivity contribution in [2.75, 3.05) is 19.8 Å². The fraction of sp³-hybridized carbons (Fsp3) is 0.417. The zero-order valence-corrected chi connectivity index (χ0v) is 9.39. The van der Waals surface area contributed by atoms with Gasteiger partial charge in [0.25, 0.3) is 0 Å². The van der Waals surface area contributed by atoms with E-state index >= 15 is 0 Å². The number of nitrogens with zero attached hydrogens (tertiary/aromatic N) is 1. The fourth-order valence-corrected chi connectivity index (χ4v) is 2.34. The van der Waals surface area contributed by atoms with Crippen LogP contribution in [0.1, 0.15) is 5.56 Å². The molecule has 1 aromatic heterocycles. The monoisotopic (exact) mass is 233 g/mol. The smallest absolute Gasteiger partial charge is 0.0931 e. The molecule has 0 spiro atoms. The van der Waals surface area contributed by atoms with Crippen molar-refractivity contribution in [1.82, 2.24) is 9.97 Å². The van der Waals surface area contributed by atoms with Gasteiger partial charge in [0.15, 0.2) is 0 Å². The highest BCUT2D eigenvalue weighted by atomic mass is 16.5. The van der Waals surface area contributed by atoms with E-state index in [2.05, 4.69) is 9.97 Å². The first-order valence-electron chi connectivity index (χ1n) is 5.66. The number of nitrogens with one attached hydrogen (secondary N) is 1. The van der Waals surface area contributed by atoms with Crippen LogP contribution in [0.4, 0.5) is 0 Å². The van der Waals surface area contributed by atoms with E-state index in [1.54, 1.807) is 6.33 Å². The average Bonchev–Trinajstić information content (AvgIpc) is 2.74. The molecule has 0 bridgehead atoms. The van der Waals surface area contributed by atoms with Gasteiger partial charge >= 0.3 is 0 Å². The molecule has 1 unspecified atom stereocenters. The largest absolute Gasteiger partial charge is 0.391 e. The molecule has 1 fully saturated rings. The third-order valence-electron chi connectivity index (χ3n) is 3.58. The standard InChI is InChI=1S/C12H15N3O2/c13-4-11(16)12(5-17-6-12)8-1-2-9-10(3-8)15-7-14-9/h1-3,7,11,16H,4-6,13H2,(H,14,15). The molecule has 1 aliphatic heterocycles. The number of aliphatic hydroxyl groups is 1. The van der Waals surface area contributed by atoms with Gasteiger partial charge in [0.05, 0.1) is 42.1 Å². The Hall–Kier alpha value is -1.43. The maximum atomic E-state index is 10.1. The zero-order chi connectivity index (χ0) is 11.9. The highest BCUT2D eigenvalue weighted by Gasteiger charge is 2.46. The lowest BCUT2D eigenvalue weighted by Gasteiger charge is -2.45. The van der Waals surface area contributed by atoms with E-state index in [1.165, 1.54) is 0 Å². The molecule has 90 valence electrons. The normalized spacial score (nSPS) is 20.1. The fourth-order valence-electron chi connectivity index (χ4n) is 2.34. The van der Waals surface area contributed by atoms with E-state index in [1.807, 2.05) is 18.2 Å². The molecule has 0 radical (unpaired) electrons. The van der Waals surface area contributed by atoms with Gasteiger partial charge in [-0.25, -0.2) is 4.98 Å². The Bertz CT molecular complexity index is 533. The number of benzene rings is 1. The lowest BCUT2D eigenvalue weighted by molar-refractivity contribution is -0.116. The van der Waals surface area contributed by atoms with Crippen molar-refractivity contribution in [3.63, 3.8) is 0 Å². The van der Waals surface area contributed by atoms with Crippen molar-refractivity contribution < 1.29 is 9.84 Å². The van der Waals surface area contributed by atoms with Crippen LogP contribution in [0.2, 0.25) is 0 Å². The highest BCUT2D eigenvalue weighted by molar-refractivity contribution is 5.75. The van der Waals surface area contributed by atoms with Gasteiger partial charge in [-0.05, 0) is 17.7 Å². The number of aromatic nitrogens is 2. The van der Waals surface area contributed by atoms with Crippen molar-refractivity contribution in [2.24, 2.45) is 5.73 Å². The van der Waals surface area contributed by atoms with Crippen LogP contribution in [0.15, 0.2) is 24.5 Å². The number of hydrogen-bond acceptors (Lipinski definition) is 4. The SMILES string of the molecule is NCC(O)C1(c2ccc3nc[nH]c3c2)COC1. The van der Waals surface area contributed by atoms with E-state index in [0.717, 1.165) is 16.6 Å². The molecule has 0 saturated carbocycles. The van der Waals surface area contributed by atoms with Gasteiger partial charge in [-0.2, -0.15) is 0 Å². The van der Waals surface area contributed by atoms with Gasteiger partial charge in [0.2, 0.25) is 0 Å². The number of imidazole rings is 1. The summed E-state index contributed by atoms with van der Waals surface area (Å²) in [6.45, 7) is 1.28. The molecule has 0 aliphatic carbocycles. The minimum absolute atomic E-state index is 0.240. The second-order valence-electron chi connectivity index (χ2n) is 4.53. The quantitative estimate of drug-likeness (QED) is 0.704. The van der Waals surface area contributed by atoms with Crippen molar-refractivity contribution in [3.05, 3.63) is 30.1 Å². The molecule has 1 atom stereocenters. The molecular formula is C12H15N3O2. The summed E-state index contributed by atoms with van der Waals surface area (Å²) >= 11 is 0. The minimum Gasteiger partial charge on any atom is -0.391 e. The number of fused-ring (bicyclic) bond motifs is 1. The van der Waals surface area contributed by atoms with Crippen LogP contribution in [0.3, 0.4) is 0 Å². The topological polar surface area (TPSA) is 84.2 Å². The lowest BCUT2D eigenvalue weighted by atomic mass is 9.74. The number of aromatic amines is 1. The van der Waals surface area contributed by atoms with Gasteiger partial charge in [-0.1, -0.05) is 6.07 Å². The molecular weight excluding hydrogens is 218 g/mol. The molecule has 5 heteroatoms. The molecule has 2 heterocycles. The van der Waals surface area contributed by atoms with Crippen molar-refractivity contribution in [1.29, 1.82) is 0 Å². The Morgan fingerprint density at radius 2 is 2.35 bits per heavy atom. The number of ether oxygens (including phenoxy) is 1. The Morgan fingerprint density at radius 3 is 3.00 bits per heavy atom. The zero-order valence-electron chi connectivity index (χ0n) is 9.39. The molecule has 17 heavy (non-hydrogen) atoms. The molecule has 3 rings (SSSR count). The van der Waals surface area contributed by atoms with Gasteiger partial charge in [0.1, 0.15) is 0 Å². The average molecular weight is 233 g/mol. The van der Waals surface area contributed by atoms with Crippen LogP contribution in [0, 0.1) is 0 Å². The van der Waals surface area contributed by atoms with Gasteiger partial charge in [-0.15, -0.1) is 0 Å². The van der Waals surface area contributed by atoms with Gasteiger partial charge in [0, 0.05) is 6.54 Å². The number of aliphatic hydroxyl groups excluding tert-OH is 1. The van der Waals surface area contributed by atoms with Crippen LogP contribution in [-0.4, -0.2) is 40.9 Å². The van der Waals surface area contributed by atoms with Crippen LogP contribution in [0.5, 0.6) is 0 Å². The van der Waals surface area contributed by atoms with E-state index < -0.39 is 6.10 Å². The Labute approximate surface area is 98.6 Å². The van der Waals surface area contributed by atoms with E-state index in [0.29, 0.717) is 13.2 Å².